The van der Waals surface area contributed by atoms with Crippen molar-refractivity contribution in [3.8, 4) is 22.4 Å². The zero-order valence-electron chi connectivity index (χ0n) is 20.3. The van der Waals surface area contributed by atoms with Gasteiger partial charge < -0.3 is 0 Å². The van der Waals surface area contributed by atoms with E-state index in [0.29, 0.717) is 0 Å². The van der Waals surface area contributed by atoms with Crippen LogP contribution in [0.25, 0.3) is 55.4 Å². The lowest BCUT2D eigenvalue weighted by Crippen LogP contribution is -1.99. The van der Waals surface area contributed by atoms with Gasteiger partial charge in [-0.25, -0.2) is 9.97 Å². The van der Waals surface area contributed by atoms with Crippen molar-refractivity contribution in [2.45, 2.75) is 27.7 Å². The first kappa shape index (κ1) is 20.5. The number of aromatic nitrogens is 6. The van der Waals surface area contributed by atoms with E-state index in [1.165, 1.54) is 11.1 Å². The molecule has 0 radical (unpaired) electrons. The minimum absolute atomic E-state index is 0.858. The third kappa shape index (κ3) is 2.88. The van der Waals surface area contributed by atoms with Gasteiger partial charge in [0.05, 0.1) is 27.9 Å². The lowest BCUT2D eigenvalue weighted by molar-refractivity contribution is 0.773. The Morgan fingerprint density at radius 3 is 1.65 bits per heavy atom. The number of nitrogens with zero attached hydrogens (tertiary/aromatic N) is 6. The molecule has 0 aliphatic heterocycles. The molecule has 0 amide bonds. The highest BCUT2D eigenvalue weighted by molar-refractivity contribution is 6.22. The molecule has 2 aromatic carbocycles. The van der Waals surface area contributed by atoms with E-state index in [9.17, 15) is 0 Å². The van der Waals surface area contributed by atoms with Crippen LogP contribution in [0, 0.1) is 27.7 Å². The van der Waals surface area contributed by atoms with Gasteiger partial charge in [0.25, 0.3) is 0 Å². The summed E-state index contributed by atoms with van der Waals surface area (Å²) in [5.41, 5.74) is 11.1. The van der Waals surface area contributed by atoms with Gasteiger partial charge in [-0.2, -0.15) is 10.2 Å². The zero-order valence-corrected chi connectivity index (χ0v) is 20.3. The van der Waals surface area contributed by atoms with Crippen LogP contribution in [0.4, 0.5) is 0 Å². The van der Waals surface area contributed by atoms with E-state index in [1.807, 2.05) is 30.4 Å². The number of hydrogen-bond acceptors (Lipinski definition) is 4. The number of fused-ring (bicyclic) bond motifs is 4. The average molecular weight is 447 g/mol. The number of hydrogen-bond donors (Lipinski definition) is 0. The van der Waals surface area contributed by atoms with Gasteiger partial charge in [0.2, 0.25) is 0 Å². The Morgan fingerprint density at radius 1 is 0.559 bits per heavy atom. The molecule has 0 aliphatic carbocycles. The average Bonchev–Trinajstić information content (AvgIpc) is 3.27. The highest BCUT2D eigenvalue weighted by Crippen LogP contribution is 2.43. The number of rotatable bonds is 2. The molecule has 4 aromatic heterocycles. The van der Waals surface area contributed by atoms with Gasteiger partial charge in [-0.3, -0.25) is 9.36 Å². The minimum atomic E-state index is 0.858. The smallest absolute Gasteiger partial charge is 0.159 e. The summed E-state index contributed by atoms with van der Waals surface area (Å²) >= 11 is 0. The Morgan fingerprint density at radius 2 is 1.06 bits per heavy atom. The molecule has 6 nitrogen and oxygen atoms in total. The van der Waals surface area contributed by atoms with Crippen molar-refractivity contribution in [3.05, 3.63) is 71.0 Å². The molecule has 6 heteroatoms. The predicted octanol–water partition coefficient (Wildman–Crippen LogP) is 5.97. The van der Waals surface area contributed by atoms with E-state index < -0.39 is 0 Å². The first-order valence-electron chi connectivity index (χ1n) is 11.5. The Hall–Kier alpha value is -4.06. The second-order valence-electron chi connectivity index (χ2n) is 9.22. The first-order valence-corrected chi connectivity index (χ1v) is 11.5. The van der Waals surface area contributed by atoms with Gasteiger partial charge in [-0.15, -0.1) is 0 Å². The molecule has 0 spiro atoms. The summed E-state index contributed by atoms with van der Waals surface area (Å²) in [6.45, 7) is 8.32. The van der Waals surface area contributed by atoms with Crippen LogP contribution in [0.15, 0.2) is 48.5 Å². The molecular formula is C28H26N6. The molecule has 0 saturated carbocycles. The van der Waals surface area contributed by atoms with Crippen LogP contribution in [-0.2, 0) is 14.1 Å². The molecule has 0 saturated heterocycles. The van der Waals surface area contributed by atoms with Gasteiger partial charge >= 0.3 is 0 Å². The van der Waals surface area contributed by atoms with Gasteiger partial charge in [0.1, 0.15) is 5.52 Å². The van der Waals surface area contributed by atoms with Gasteiger partial charge in [0, 0.05) is 30.6 Å². The summed E-state index contributed by atoms with van der Waals surface area (Å²) in [6.07, 6.45) is 0. The van der Waals surface area contributed by atoms with Crippen LogP contribution in [0.3, 0.4) is 0 Å². The monoisotopic (exact) mass is 446 g/mol. The van der Waals surface area contributed by atoms with Crippen LogP contribution in [0.5, 0.6) is 0 Å². The second kappa shape index (κ2) is 7.22. The van der Waals surface area contributed by atoms with Crippen LogP contribution >= 0.6 is 0 Å². The lowest BCUT2D eigenvalue weighted by Gasteiger charge is -2.14. The lowest BCUT2D eigenvalue weighted by atomic mass is 9.93. The van der Waals surface area contributed by atoms with E-state index >= 15 is 0 Å². The fourth-order valence-corrected chi connectivity index (χ4v) is 5.03. The SMILES string of the molecule is Cc1ccc(-c2nc3c(c(C)nn3C)c3c(-c4ccc(C)cc4)c4c(C)nn(C)c4nc23)cc1. The summed E-state index contributed by atoms with van der Waals surface area (Å²) < 4.78 is 3.75. The Labute approximate surface area is 197 Å². The summed E-state index contributed by atoms with van der Waals surface area (Å²) in [7, 11) is 3.92. The maximum atomic E-state index is 5.20. The fraction of sp³-hybridized carbons (Fsp3) is 0.214. The van der Waals surface area contributed by atoms with Crippen molar-refractivity contribution in [2.75, 3.05) is 0 Å². The van der Waals surface area contributed by atoms with Gasteiger partial charge in [-0.05, 0) is 33.3 Å². The molecule has 6 rings (SSSR count). The van der Waals surface area contributed by atoms with E-state index in [2.05, 4.69) is 69.3 Å². The number of aryl methyl sites for hydroxylation is 6. The third-order valence-electron chi connectivity index (χ3n) is 6.70. The molecule has 0 atom stereocenters. The number of pyridine rings is 2. The van der Waals surface area contributed by atoms with Crippen molar-refractivity contribution < 1.29 is 0 Å². The molecule has 0 N–H and O–H groups in total. The van der Waals surface area contributed by atoms with Crippen LogP contribution in [0.2, 0.25) is 0 Å². The quantitative estimate of drug-likeness (QED) is 0.329. The molecule has 0 aliphatic rings. The molecule has 6 aromatic rings. The summed E-state index contributed by atoms with van der Waals surface area (Å²) in [4.78, 5) is 10.3. The molecule has 0 bridgehead atoms. The van der Waals surface area contributed by atoms with Gasteiger partial charge in [0.15, 0.2) is 11.3 Å². The summed E-state index contributed by atoms with van der Waals surface area (Å²) in [5, 5.41) is 12.7. The van der Waals surface area contributed by atoms with Gasteiger partial charge in [-0.1, -0.05) is 59.7 Å². The summed E-state index contributed by atoms with van der Waals surface area (Å²) in [5.74, 6) is 0. The van der Waals surface area contributed by atoms with Crippen LogP contribution < -0.4 is 0 Å². The Kier molecular flexibility index (Phi) is 4.36. The topological polar surface area (TPSA) is 61.4 Å². The minimum Gasteiger partial charge on any atom is -0.250 e. The van der Waals surface area contributed by atoms with E-state index in [-0.39, 0.29) is 0 Å². The maximum absolute atomic E-state index is 5.20. The van der Waals surface area contributed by atoms with Crippen molar-refractivity contribution in [2.24, 2.45) is 14.1 Å². The predicted molar refractivity (Wildman–Crippen MR) is 138 cm³/mol. The van der Waals surface area contributed by atoms with Crippen molar-refractivity contribution in [1.82, 2.24) is 29.5 Å². The molecule has 168 valence electrons. The Balaban J connectivity index is 1.92. The van der Waals surface area contributed by atoms with Crippen molar-refractivity contribution in [3.63, 3.8) is 0 Å². The molecule has 0 unspecified atom stereocenters. The molecule has 4 heterocycles. The molecule has 34 heavy (non-hydrogen) atoms. The van der Waals surface area contributed by atoms with E-state index in [1.54, 1.807) is 0 Å². The Bertz CT molecular complexity index is 1730. The van der Waals surface area contributed by atoms with Crippen LogP contribution in [0.1, 0.15) is 22.5 Å². The van der Waals surface area contributed by atoms with E-state index in [4.69, 9.17) is 20.2 Å². The first-order chi connectivity index (χ1) is 16.3. The largest absolute Gasteiger partial charge is 0.250 e. The maximum Gasteiger partial charge on any atom is 0.159 e. The molecule has 0 fully saturated rings. The highest BCUT2D eigenvalue weighted by Gasteiger charge is 2.24. The van der Waals surface area contributed by atoms with Crippen molar-refractivity contribution in [1.29, 1.82) is 0 Å². The third-order valence-corrected chi connectivity index (χ3v) is 6.70. The second-order valence-corrected chi connectivity index (χ2v) is 9.22. The zero-order chi connectivity index (χ0) is 23.7. The molecular weight excluding hydrogens is 420 g/mol. The standard InChI is InChI=1S/C28H26N6/c1-15-7-11-19(12-8-15)23-21-17(3)31-33(5)27(21)30-26-24(23)22-18(4)32-34(6)28(22)29-25(26)20-13-9-16(2)10-14-20/h7-14H,1-6H3. The van der Waals surface area contributed by atoms with Crippen LogP contribution in [-0.4, -0.2) is 29.5 Å². The summed E-state index contributed by atoms with van der Waals surface area (Å²) in [6, 6.07) is 17.2. The highest BCUT2D eigenvalue weighted by atomic mass is 15.3. The van der Waals surface area contributed by atoms with Crippen molar-refractivity contribution >= 4 is 33.0 Å². The normalized spacial score (nSPS) is 11.8. The number of benzene rings is 2. The fourth-order valence-electron chi connectivity index (χ4n) is 5.03. The van der Waals surface area contributed by atoms with E-state index in [0.717, 1.165) is 66.7 Å².